The van der Waals surface area contributed by atoms with Crippen molar-refractivity contribution in [3.63, 3.8) is 0 Å². The first-order chi connectivity index (χ1) is 18.9. The van der Waals surface area contributed by atoms with E-state index in [9.17, 15) is 14.7 Å². The molecule has 2 aromatic heterocycles. The van der Waals surface area contributed by atoms with Crippen molar-refractivity contribution in [2.45, 2.75) is 37.4 Å². The zero-order chi connectivity index (χ0) is 27.5. The van der Waals surface area contributed by atoms with E-state index in [0.717, 1.165) is 19.5 Å². The zero-order valence-electron chi connectivity index (χ0n) is 20.8. The number of aliphatic hydroxyl groups is 1. The Labute approximate surface area is 226 Å². The number of imidazole rings is 1. The SMILES string of the molecule is CNC(=O)[C@H]1O[C@@H](n2cnc3c(NCc4cc(Cl)ccc4OCC(=O)N4CCC4)ncnc32)[C@H](O)[C@@H]1N=[N+]=[N-]. The summed E-state index contributed by atoms with van der Waals surface area (Å²) in [5.41, 5.74) is 10.3. The third-order valence-electron chi connectivity index (χ3n) is 6.59. The van der Waals surface area contributed by atoms with Gasteiger partial charge < -0.3 is 30.1 Å². The molecule has 2 aliphatic heterocycles. The lowest BCUT2D eigenvalue weighted by atomic mass is 10.1. The molecule has 0 bridgehead atoms. The number of carbonyl (C=O) groups is 2. The lowest BCUT2D eigenvalue weighted by Crippen LogP contribution is -2.44. The monoisotopic (exact) mass is 556 g/mol. The molecule has 204 valence electrons. The standard InChI is InChI=1S/C23H25ClN10O5/c1-26-22(37)19-16(31-32-25)18(36)23(39-19)34-11-30-17-20(28-10-29-21(17)34)27-8-12-7-13(24)3-4-14(12)38-9-15(35)33-5-2-6-33/h3-4,7,10-11,16,18-19,23,36H,2,5-6,8-9H2,1H3,(H,26,37)(H,27,28,29)/t16-,18+,19-,23+/m0/s1. The van der Waals surface area contributed by atoms with Gasteiger partial charge in [-0.1, -0.05) is 16.7 Å². The fraction of sp³-hybridized carbons (Fsp3) is 0.435. The minimum atomic E-state index is -1.34. The molecular formula is C23H25ClN10O5. The van der Waals surface area contributed by atoms with E-state index in [1.54, 1.807) is 23.1 Å². The molecule has 2 saturated heterocycles. The number of aliphatic hydroxyl groups excluding tert-OH is 1. The number of benzene rings is 1. The van der Waals surface area contributed by atoms with Gasteiger partial charge in [0.05, 0.1) is 6.33 Å². The quantitative estimate of drug-likeness (QED) is 0.198. The van der Waals surface area contributed by atoms with Gasteiger partial charge in [0.25, 0.3) is 5.91 Å². The summed E-state index contributed by atoms with van der Waals surface area (Å²) in [6.45, 7) is 1.66. The number of amides is 2. The Hall–Kier alpha value is -4.17. The summed E-state index contributed by atoms with van der Waals surface area (Å²) in [7, 11) is 1.41. The van der Waals surface area contributed by atoms with Crippen LogP contribution in [0, 0.1) is 0 Å². The lowest BCUT2D eigenvalue weighted by Gasteiger charge is -2.30. The van der Waals surface area contributed by atoms with Crippen molar-refractivity contribution in [3.05, 3.63) is 51.9 Å². The number of aromatic nitrogens is 4. The third-order valence-corrected chi connectivity index (χ3v) is 6.82. The smallest absolute Gasteiger partial charge is 0.260 e. The Balaban J connectivity index is 1.35. The van der Waals surface area contributed by atoms with Crippen molar-refractivity contribution in [1.82, 2.24) is 29.7 Å². The Kier molecular flexibility index (Phi) is 7.65. The summed E-state index contributed by atoms with van der Waals surface area (Å²) in [5.74, 6) is 0.268. The number of rotatable bonds is 9. The number of nitrogens with one attached hydrogen (secondary N) is 2. The van der Waals surface area contributed by atoms with Crippen LogP contribution < -0.4 is 15.4 Å². The number of ether oxygens (including phenoxy) is 2. The summed E-state index contributed by atoms with van der Waals surface area (Å²) in [5, 5.41) is 20.5. The largest absolute Gasteiger partial charge is 0.483 e. The topological polar surface area (TPSA) is 192 Å². The number of likely N-dealkylation sites (tertiary alicyclic amines) is 1. The van der Waals surface area contributed by atoms with E-state index >= 15 is 0 Å². The van der Waals surface area contributed by atoms with Crippen LogP contribution in [0.25, 0.3) is 21.6 Å². The molecule has 3 N–H and O–H groups in total. The van der Waals surface area contributed by atoms with Gasteiger partial charge in [-0.2, -0.15) is 0 Å². The number of fused-ring (bicyclic) bond motifs is 1. The average Bonchev–Trinajstić information content (AvgIpc) is 3.47. The number of hydrogen-bond acceptors (Lipinski definition) is 10. The van der Waals surface area contributed by atoms with Gasteiger partial charge in [0.2, 0.25) is 5.91 Å². The van der Waals surface area contributed by atoms with Crippen molar-refractivity contribution >= 4 is 40.4 Å². The molecule has 2 aliphatic rings. The Morgan fingerprint density at radius 2 is 2.15 bits per heavy atom. The highest BCUT2D eigenvalue weighted by Crippen LogP contribution is 2.34. The molecule has 16 heteroatoms. The second-order valence-corrected chi connectivity index (χ2v) is 9.36. The highest BCUT2D eigenvalue weighted by atomic mass is 35.5. The number of hydrogen-bond donors (Lipinski definition) is 3. The summed E-state index contributed by atoms with van der Waals surface area (Å²) >= 11 is 6.21. The minimum absolute atomic E-state index is 0.0733. The number of anilines is 1. The van der Waals surface area contributed by atoms with Crippen LogP contribution in [0.4, 0.5) is 5.82 Å². The molecule has 0 saturated carbocycles. The van der Waals surface area contributed by atoms with Crippen LogP contribution in [0.3, 0.4) is 0 Å². The van der Waals surface area contributed by atoms with E-state index in [2.05, 4.69) is 35.6 Å². The highest BCUT2D eigenvalue weighted by Gasteiger charge is 2.48. The summed E-state index contributed by atoms with van der Waals surface area (Å²) in [6, 6.07) is 3.97. The highest BCUT2D eigenvalue weighted by molar-refractivity contribution is 6.30. The van der Waals surface area contributed by atoms with Gasteiger partial charge in [-0.25, -0.2) is 15.0 Å². The first-order valence-corrected chi connectivity index (χ1v) is 12.5. The van der Waals surface area contributed by atoms with Crippen molar-refractivity contribution in [3.8, 4) is 5.75 Å². The van der Waals surface area contributed by atoms with Gasteiger partial charge in [0.15, 0.2) is 29.8 Å². The molecule has 4 heterocycles. The lowest BCUT2D eigenvalue weighted by molar-refractivity contribution is -0.136. The molecule has 2 fully saturated rings. The molecule has 0 aliphatic carbocycles. The number of likely N-dealkylation sites (N-methyl/N-ethyl adjacent to an activating group) is 1. The Morgan fingerprint density at radius 1 is 1.33 bits per heavy atom. The fourth-order valence-electron chi connectivity index (χ4n) is 4.41. The van der Waals surface area contributed by atoms with E-state index in [1.807, 2.05) is 0 Å². The van der Waals surface area contributed by atoms with Gasteiger partial charge in [-0.05, 0) is 30.2 Å². The normalized spacial score (nSPS) is 22.2. The van der Waals surface area contributed by atoms with Crippen LogP contribution in [-0.4, -0.2) is 86.3 Å². The van der Waals surface area contributed by atoms with Crippen LogP contribution in [0.1, 0.15) is 18.2 Å². The molecule has 2 amide bonds. The maximum atomic E-state index is 12.3. The first kappa shape index (κ1) is 26.4. The van der Waals surface area contributed by atoms with Crippen molar-refractivity contribution < 1.29 is 24.2 Å². The second-order valence-electron chi connectivity index (χ2n) is 8.92. The third kappa shape index (κ3) is 5.25. The van der Waals surface area contributed by atoms with E-state index in [1.165, 1.54) is 24.3 Å². The van der Waals surface area contributed by atoms with Gasteiger partial charge in [0.1, 0.15) is 30.3 Å². The van der Waals surface area contributed by atoms with Crippen LogP contribution in [0.15, 0.2) is 36.0 Å². The minimum Gasteiger partial charge on any atom is -0.483 e. The molecule has 5 rings (SSSR count). The zero-order valence-corrected chi connectivity index (χ0v) is 21.5. The predicted octanol–water partition coefficient (Wildman–Crippen LogP) is 1.39. The predicted molar refractivity (Wildman–Crippen MR) is 138 cm³/mol. The molecule has 1 aromatic carbocycles. The molecule has 0 radical (unpaired) electrons. The van der Waals surface area contributed by atoms with Gasteiger partial charge in [-0.15, -0.1) is 0 Å². The molecule has 0 unspecified atom stereocenters. The van der Waals surface area contributed by atoms with Gasteiger partial charge in [-0.3, -0.25) is 14.2 Å². The van der Waals surface area contributed by atoms with Crippen molar-refractivity contribution in [2.24, 2.45) is 5.11 Å². The molecule has 0 spiro atoms. The summed E-state index contributed by atoms with van der Waals surface area (Å²) < 4.78 is 13.0. The number of azide groups is 1. The molecule has 39 heavy (non-hydrogen) atoms. The summed E-state index contributed by atoms with van der Waals surface area (Å²) in [4.78, 5) is 41.9. The molecule has 3 aromatic rings. The van der Waals surface area contributed by atoms with Gasteiger partial charge in [0, 0.05) is 42.2 Å². The number of nitrogens with zero attached hydrogens (tertiary/aromatic N) is 8. The summed E-state index contributed by atoms with van der Waals surface area (Å²) in [6.07, 6.45) is 0.0842. The van der Waals surface area contributed by atoms with Crippen LogP contribution >= 0.6 is 11.6 Å². The Bertz CT molecular complexity index is 1440. The first-order valence-electron chi connectivity index (χ1n) is 12.1. The van der Waals surface area contributed by atoms with Crippen molar-refractivity contribution in [1.29, 1.82) is 0 Å². The molecular weight excluding hydrogens is 532 g/mol. The second kappa shape index (κ2) is 11.3. The number of halogens is 1. The van der Waals surface area contributed by atoms with E-state index in [4.69, 9.17) is 26.6 Å². The maximum absolute atomic E-state index is 12.3. The van der Waals surface area contributed by atoms with E-state index in [0.29, 0.717) is 33.3 Å². The number of carbonyl (C=O) groups excluding carboxylic acids is 2. The van der Waals surface area contributed by atoms with Crippen LogP contribution in [-0.2, 0) is 20.9 Å². The molecule has 15 nitrogen and oxygen atoms in total. The van der Waals surface area contributed by atoms with Crippen molar-refractivity contribution in [2.75, 3.05) is 32.1 Å². The van der Waals surface area contributed by atoms with Gasteiger partial charge >= 0.3 is 0 Å². The molecule has 4 atom stereocenters. The van der Waals surface area contributed by atoms with Crippen LogP contribution in [0.2, 0.25) is 5.02 Å². The van der Waals surface area contributed by atoms with E-state index in [-0.39, 0.29) is 19.1 Å². The van der Waals surface area contributed by atoms with Crippen LogP contribution in [0.5, 0.6) is 5.75 Å². The average molecular weight is 557 g/mol. The van der Waals surface area contributed by atoms with E-state index < -0.39 is 30.4 Å². The maximum Gasteiger partial charge on any atom is 0.260 e. The Morgan fingerprint density at radius 3 is 2.87 bits per heavy atom. The fourth-order valence-corrected chi connectivity index (χ4v) is 4.60.